The summed E-state index contributed by atoms with van der Waals surface area (Å²) in [6.07, 6.45) is 0.915. The monoisotopic (exact) mass is 242 g/mol. The third-order valence-corrected chi connectivity index (χ3v) is 2.80. The molecule has 0 aliphatic carbocycles. The van der Waals surface area contributed by atoms with Gasteiger partial charge >= 0.3 is 0 Å². The maximum Gasteiger partial charge on any atom is 0.122 e. The van der Waals surface area contributed by atoms with Gasteiger partial charge < -0.3 is 15.8 Å². The van der Waals surface area contributed by atoms with Crippen LogP contribution in [-0.2, 0) is 6.42 Å². The second-order valence-electron chi connectivity index (χ2n) is 4.11. The van der Waals surface area contributed by atoms with Crippen LogP contribution >= 0.6 is 0 Å². The normalized spacial score (nSPS) is 10.1. The molecule has 0 saturated heterocycles. The van der Waals surface area contributed by atoms with Gasteiger partial charge in [0.1, 0.15) is 5.75 Å². The van der Waals surface area contributed by atoms with Gasteiger partial charge in [-0.2, -0.15) is 0 Å². The Hall–Kier alpha value is -2.16. The molecule has 0 bridgehead atoms. The Kier molecular flexibility index (Phi) is 4.07. The molecule has 0 aromatic heterocycles. The molecule has 0 aliphatic heterocycles. The molecule has 94 valence electrons. The van der Waals surface area contributed by atoms with Crippen molar-refractivity contribution < 1.29 is 4.74 Å². The number of benzene rings is 2. The molecule has 0 amide bonds. The lowest BCUT2D eigenvalue weighted by Crippen LogP contribution is -2.06. The van der Waals surface area contributed by atoms with Gasteiger partial charge in [-0.25, -0.2) is 0 Å². The molecule has 3 heteroatoms. The second-order valence-corrected chi connectivity index (χ2v) is 4.11. The lowest BCUT2D eigenvalue weighted by Gasteiger charge is -2.10. The molecule has 0 saturated carbocycles. The molecule has 0 heterocycles. The van der Waals surface area contributed by atoms with Gasteiger partial charge in [0.05, 0.1) is 7.11 Å². The van der Waals surface area contributed by atoms with E-state index < -0.39 is 0 Å². The number of ether oxygens (including phenoxy) is 1. The summed E-state index contributed by atoms with van der Waals surface area (Å²) in [4.78, 5) is 0. The van der Waals surface area contributed by atoms with E-state index >= 15 is 0 Å². The van der Waals surface area contributed by atoms with Gasteiger partial charge in [-0.15, -0.1) is 0 Å². The van der Waals surface area contributed by atoms with Crippen LogP contribution in [0.5, 0.6) is 5.75 Å². The van der Waals surface area contributed by atoms with E-state index in [-0.39, 0.29) is 0 Å². The fraction of sp³-hybridized carbons (Fsp3) is 0.200. The summed E-state index contributed by atoms with van der Waals surface area (Å²) in [5.41, 5.74) is 8.75. The van der Waals surface area contributed by atoms with Crippen LogP contribution in [0.25, 0.3) is 0 Å². The Morgan fingerprint density at radius 2 is 1.94 bits per heavy atom. The van der Waals surface area contributed by atoms with Crippen LogP contribution in [0, 0.1) is 0 Å². The summed E-state index contributed by atoms with van der Waals surface area (Å²) >= 11 is 0. The number of nitrogen functional groups attached to an aromatic ring is 1. The third kappa shape index (κ3) is 3.17. The van der Waals surface area contributed by atoms with Crippen molar-refractivity contribution >= 4 is 11.4 Å². The average Bonchev–Trinajstić information content (AvgIpc) is 2.39. The first-order chi connectivity index (χ1) is 8.79. The van der Waals surface area contributed by atoms with E-state index in [0.29, 0.717) is 0 Å². The highest BCUT2D eigenvalue weighted by molar-refractivity contribution is 5.54. The molecule has 0 atom stereocenters. The van der Waals surface area contributed by atoms with Crippen LogP contribution in [0.15, 0.2) is 48.5 Å². The molecule has 0 aliphatic rings. The number of hydrogen-bond acceptors (Lipinski definition) is 3. The lowest BCUT2D eigenvalue weighted by atomic mass is 10.1. The standard InChI is InChI=1S/C15H18N2O/c1-18-15-8-3-2-5-12(15)9-10-17-14-7-4-6-13(16)11-14/h2-8,11,17H,9-10,16H2,1H3. The average molecular weight is 242 g/mol. The zero-order chi connectivity index (χ0) is 12.8. The third-order valence-electron chi connectivity index (χ3n) is 2.80. The fourth-order valence-electron chi connectivity index (χ4n) is 1.90. The topological polar surface area (TPSA) is 47.3 Å². The van der Waals surface area contributed by atoms with Crippen molar-refractivity contribution in [1.82, 2.24) is 0 Å². The largest absolute Gasteiger partial charge is 0.496 e. The van der Waals surface area contributed by atoms with Crippen LogP contribution < -0.4 is 15.8 Å². The van der Waals surface area contributed by atoms with Crippen molar-refractivity contribution in [2.75, 3.05) is 24.7 Å². The Morgan fingerprint density at radius 1 is 1.11 bits per heavy atom. The van der Waals surface area contributed by atoms with E-state index in [4.69, 9.17) is 10.5 Å². The molecule has 2 aromatic rings. The second kappa shape index (κ2) is 5.96. The van der Waals surface area contributed by atoms with Gasteiger partial charge in [-0.3, -0.25) is 0 Å². The van der Waals surface area contributed by atoms with E-state index in [1.54, 1.807) is 7.11 Å². The quantitative estimate of drug-likeness (QED) is 0.792. The Bertz CT molecular complexity index is 511. The molecule has 0 spiro atoms. The highest BCUT2D eigenvalue weighted by atomic mass is 16.5. The first kappa shape index (κ1) is 12.3. The van der Waals surface area contributed by atoms with Crippen molar-refractivity contribution in [2.45, 2.75) is 6.42 Å². The van der Waals surface area contributed by atoms with Crippen LogP contribution in [0.1, 0.15) is 5.56 Å². The highest BCUT2D eigenvalue weighted by Crippen LogP contribution is 2.18. The number of rotatable bonds is 5. The summed E-state index contributed by atoms with van der Waals surface area (Å²) < 4.78 is 5.32. The SMILES string of the molecule is COc1ccccc1CCNc1cccc(N)c1. The number of nitrogens with two attached hydrogens (primary N) is 1. The van der Waals surface area contributed by atoms with Crippen LogP contribution in [0.2, 0.25) is 0 Å². The molecule has 0 radical (unpaired) electrons. The minimum Gasteiger partial charge on any atom is -0.496 e. The number of hydrogen-bond donors (Lipinski definition) is 2. The molecule has 0 unspecified atom stereocenters. The minimum absolute atomic E-state index is 0.775. The van der Waals surface area contributed by atoms with E-state index in [0.717, 1.165) is 30.1 Å². The highest BCUT2D eigenvalue weighted by Gasteiger charge is 2.01. The van der Waals surface area contributed by atoms with Crippen molar-refractivity contribution in [3.63, 3.8) is 0 Å². The molecule has 18 heavy (non-hydrogen) atoms. The molecule has 3 N–H and O–H groups in total. The zero-order valence-corrected chi connectivity index (χ0v) is 10.5. The summed E-state index contributed by atoms with van der Waals surface area (Å²) in [7, 11) is 1.70. The van der Waals surface area contributed by atoms with Crippen LogP contribution in [-0.4, -0.2) is 13.7 Å². The predicted molar refractivity (Wildman–Crippen MR) is 76.0 cm³/mol. The number of nitrogens with one attached hydrogen (secondary N) is 1. The molecule has 2 aromatic carbocycles. The molecular weight excluding hydrogens is 224 g/mol. The fourth-order valence-corrected chi connectivity index (χ4v) is 1.90. The predicted octanol–water partition coefficient (Wildman–Crippen LogP) is 2.93. The first-order valence-corrected chi connectivity index (χ1v) is 6.01. The van der Waals surface area contributed by atoms with Gasteiger partial charge in [0.15, 0.2) is 0 Å². The van der Waals surface area contributed by atoms with Crippen molar-refractivity contribution in [3.8, 4) is 5.75 Å². The van der Waals surface area contributed by atoms with Crippen molar-refractivity contribution in [2.24, 2.45) is 0 Å². The van der Waals surface area contributed by atoms with Crippen LogP contribution in [0.3, 0.4) is 0 Å². The molecular formula is C15H18N2O. The summed E-state index contributed by atoms with van der Waals surface area (Å²) in [5.74, 6) is 0.937. The van der Waals surface area contributed by atoms with Gasteiger partial charge in [-0.05, 0) is 36.2 Å². The number of methoxy groups -OCH3 is 1. The van der Waals surface area contributed by atoms with E-state index in [1.807, 2.05) is 42.5 Å². The Balaban J connectivity index is 1.92. The smallest absolute Gasteiger partial charge is 0.122 e. The zero-order valence-electron chi connectivity index (χ0n) is 10.5. The Morgan fingerprint density at radius 3 is 2.72 bits per heavy atom. The minimum atomic E-state index is 0.775. The van der Waals surface area contributed by atoms with Gasteiger partial charge in [0.25, 0.3) is 0 Å². The number of anilines is 2. The molecule has 3 nitrogen and oxygen atoms in total. The van der Waals surface area contributed by atoms with Crippen LogP contribution in [0.4, 0.5) is 11.4 Å². The van der Waals surface area contributed by atoms with E-state index in [1.165, 1.54) is 5.56 Å². The van der Waals surface area contributed by atoms with Crippen molar-refractivity contribution in [1.29, 1.82) is 0 Å². The van der Waals surface area contributed by atoms with E-state index in [2.05, 4.69) is 11.4 Å². The first-order valence-electron chi connectivity index (χ1n) is 6.01. The Labute approximate surface area is 108 Å². The molecule has 0 fully saturated rings. The van der Waals surface area contributed by atoms with E-state index in [9.17, 15) is 0 Å². The van der Waals surface area contributed by atoms with Gasteiger partial charge in [0, 0.05) is 17.9 Å². The van der Waals surface area contributed by atoms with Gasteiger partial charge in [0.2, 0.25) is 0 Å². The number of para-hydroxylation sites is 1. The van der Waals surface area contributed by atoms with Crippen molar-refractivity contribution in [3.05, 3.63) is 54.1 Å². The van der Waals surface area contributed by atoms with Gasteiger partial charge in [-0.1, -0.05) is 24.3 Å². The summed E-state index contributed by atoms with van der Waals surface area (Å²) in [5, 5.41) is 3.35. The maximum atomic E-state index is 5.73. The maximum absolute atomic E-state index is 5.73. The summed E-state index contributed by atoms with van der Waals surface area (Å²) in [6, 6.07) is 15.8. The molecule has 2 rings (SSSR count). The lowest BCUT2D eigenvalue weighted by molar-refractivity contribution is 0.410. The summed E-state index contributed by atoms with van der Waals surface area (Å²) in [6.45, 7) is 0.851.